The summed E-state index contributed by atoms with van der Waals surface area (Å²) in [4.78, 5) is 0. The van der Waals surface area contributed by atoms with Crippen LogP contribution in [-0.4, -0.2) is 13.1 Å². The second-order valence-electron chi connectivity index (χ2n) is 1.76. The Morgan fingerprint density at radius 3 is 1.82 bits per heavy atom. The van der Waals surface area contributed by atoms with Crippen LogP contribution in [0, 0.1) is 21.1 Å². The Bertz CT molecular complexity index is 57.5. The Morgan fingerprint density at radius 1 is 1.36 bits per heavy atom. The van der Waals surface area contributed by atoms with E-state index in [0.29, 0.717) is 0 Å². The zero-order valence-corrected chi connectivity index (χ0v) is 10.7. The molecule has 0 spiro atoms. The first-order valence-corrected chi connectivity index (χ1v) is 3.06. The summed E-state index contributed by atoms with van der Waals surface area (Å²) in [6, 6.07) is 0. The van der Waals surface area contributed by atoms with Gasteiger partial charge in [-0.1, -0.05) is 0 Å². The Morgan fingerprint density at radius 2 is 1.73 bits per heavy atom. The number of nitrogens with one attached hydrogen (secondary N) is 1. The van der Waals surface area contributed by atoms with Crippen LogP contribution in [-0.2, 0) is 4.74 Å². The van der Waals surface area contributed by atoms with Crippen molar-refractivity contribution in [3.8, 4) is 0 Å². The maximum absolute atomic E-state index is 4.62. The van der Waals surface area contributed by atoms with E-state index in [2.05, 4.69) is 23.7 Å². The molecule has 1 saturated heterocycles. The molecule has 1 heterocycles. The number of hydrogen-bond donors (Lipinski definition) is 1. The molecule has 0 atom stereocenters. The third-order valence-corrected chi connectivity index (χ3v) is 1.05. The van der Waals surface area contributed by atoms with Gasteiger partial charge in [-0.3, -0.25) is 0 Å². The Balaban J connectivity index is -0.000000101. The molecular formula is C8H16KNO-2. The fourth-order valence-electron chi connectivity index (χ4n) is 0.625. The van der Waals surface area contributed by atoms with E-state index in [1.807, 2.05) is 0 Å². The van der Waals surface area contributed by atoms with Crippen LogP contribution in [0.4, 0.5) is 0 Å². The molecule has 11 heavy (non-hydrogen) atoms. The minimum Gasteiger partial charge on any atom is -0.696 e. The van der Waals surface area contributed by atoms with Crippen molar-refractivity contribution in [1.82, 2.24) is 5.32 Å². The summed E-state index contributed by atoms with van der Waals surface area (Å²) in [5, 5.41) is 3.22. The number of ether oxygens (including phenoxy) is 1. The second kappa shape index (κ2) is 17.3. The van der Waals surface area contributed by atoms with Crippen molar-refractivity contribution in [2.24, 2.45) is 0 Å². The standard InChI is InChI=1S/C4H9N.C3H4O.CH3.K/c1-2-4-5-3-1;1-3-4-2;;/h5H,1-4H2;1,3H,2H2;1H3;/q;-2;-1;+1. The minimum absolute atomic E-state index is 0. The Kier molecular flexibility index (Phi) is 28.3. The van der Waals surface area contributed by atoms with Gasteiger partial charge in [0.1, 0.15) is 0 Å². The summed E-state index contributed by atoms with van der Waals surface area (Å²) >= 11 is 0. The summed E-state index contributed by atoms with van der Waals surface area (Å²) in [7, 11) is 2.92. The topological polar surface area (TPSA) is 21.3 Å². The average molecular weight is 181 g/mol. The maximum Gasteiger partial charge on any atom is 1.00 e. The summed E-state index contributed by atoms with van der Waals surface area (Å²) < 4.78 is 3.94. The third kappa shape index (κ3) is 18.3. The minimum atomic E-state index is 0. The van der Waals surface area contributed by atoms with Crippen LogP contribution in [0.1, 0.15) is 12.8 Å². The molecule has 0 aromatic rings. The van der Waals surface area contributed by atoms with E-state index in [0.717, 1.165) is 6.26 Å². The monoisotopic (exact) mass is 181 g/mol. The van der Waals surface area contributed by atoms with Crippen LogP contribution in [0.2, 0.25) is 0 Å². The van der Waals surface area contributed by atoms with Crippen molar-refractivity contribution in [3.05, 3.63) is 27.4 Å². The van der Waals surface area contributed by atoms with Gasteiger partial charge < -0.3 is 24.1 Å². The van der Waals surface area contributed by atoms with E-state index in [9.17, 15) is 0 Å². The van der Waals surface area contributed by atoms with Gasteiger partial charge in [-0.2, -0.15) is 7.11 Å². The van der Waals surface area contributed by atoms with Crippen LogP contribution in [0.5, 0.6) is 0 Å². The first-order valence-electron chi connectivity index (χ1n) is 3.06. The smallest absolute Gasteiger partial charge is 0.696 e. The first kappa shape index (κ1) is 18.0. The van der Waals surface area contributed by atoms with Crippen molar-refractivity contribution in [2.45, 2.75) is 12.8 Å². The van der Waals surface area contributed by atoms with Gasteiger partial charge in [0, 0.05) is 0 Å². The molecule has 0 unspecified atom stereocenters. The van der Waals surface area contributed by atoms with E-state index < -0.39 is 0 Å². The van der Waals surface area contributed by atoms with Gasteiger partial charge in [0.25, 0.3) is 0 Å². The van der Waals surface area contributed by atoms with Crippen LogP contribution in [0.25, 0.3) is 0 Å². The molecule has 0 radical (unpaired) electrons. The molecule has 62 valence electrons. The van der Waals surface area contributed by atoms with Crippen molar-refractivity contribution < 1.29 is 56.1 Å². The van der Waals surface area contributed by atoms with Crippen LogP contribution in [0.15, 0.2) is 6.26 Å². The molecule has 0 aliphatic carbocycles. The molecular weight excluding hydrogens is 165 g/mol. The molecule has 0 aromatic heterocycles. The summed E-state index contributed by atoms with van der Waals surface area (Å²) in [6.45, 7) is 7.12. The van der Waals surface area contributed by atoms with Gasteiger partial charge in [0.15, 0.2) is 0 Å². The normalized spacial score (nSPS) is 12.8. The molecule has 0 aromatic carbocycles. The Hall–Kier alpha value is 1.14. The van der Waals surface area contributed by atoms with Crippen molar-refractivity contribution in [2.75, 3.05) is 13.1 Å². The van der Waals surface area contributed by atoms with E-state index in [1.165, 1.54) is 25.9 Å². The molecule has 1 rings (SSSR count). The molecule has 1 N–H and O–H groups in total. The first-order chi connectivity index (χ1) is 4.41. The van der Waals surface area contributed by atoms with E-state index in [-0.39, 0.29) is 58.8 Å². The quantitative estimate of drug-likeness (QED) is 0.304. The zero-order valence-electron chi connectivity index (χ0n) is 7.60. The third-order valence-electron chi connectivity index (χ3n) is 1.05. The molecule has 2 nitrogen and oxygen atoms in total. The van der Waals surface area contributed by atoms with Gasteiger partial charge in [0.05, 0.1) is 0 Å². The predicted octanol–water partition coefficient (Wildman–Crippen LogP) is -1.43. The number of rotatable bonds is 1. The molecule has 1 aliphatic heterocycles. The molecule has 3 heteroatoms. The van der Waals surface area contributed by atoms with E-state index >= 15 is 0 Å². The maximum atomic E-state index is 4.62. The van der Waals surface area contributed by atoms with Crippen LogP contribution < -0.4 is 56.7 Å². The largest absolute Gasteiger partial charge is 1.00 e. The molecule has 1 aliphatic rings. The molecule has 0 bridgehead atoms. The fraction of sp³-hybridized carbons (Fsp3) is 0.500. The SMILES string of the molecule is C1CCNC1.[CH-]=CO[CH2-].[CH3-].[K+]. The van der Waals surface area contributed by atoms with Crippen LogP contribution >= 0.6 is 0 Å². The second-order valence-corrected chi connectivity index (χ2v) is 1.76. The van der Waals surface area contributed by atoms with Crippen LogP contribution in [0.3, 0.4) is 0 Å². The van der Waals surface area contributed by atoms with Gasteiger partial charge in [-0.25, -0.2) is 0 Å². The molecule has 1 fully saturated rings. The zero-order chi connectivity index (χ0) is 6.95. The predicted molar refractivity (Wildman–Crippen MR) is 43.8 cm³/mol. The van der Waals surface area contributed by atoms with Gasteiger partial charge in [-0.15, -0.1) is 6.26 Å². The van der Waals surface area contributed by atoms with E-state index in [4.69, 9.17) is 0 Å². The Labute approximate surface area is 113 Å². The van der Waals surface area contributed by atoms with Crippen molar-refractivity contribution in [3.63, 3.8) is 0 Å². The molecule has 0 amide bonds. The van der Waals surface area contributed by atoms with E-state index in [1.54, 1.807) is 0 Å². The van der Waals surface area contributed by atoms with Gasteiger partial charge >= 0.3 is 51.4 Å². The van der Waals surface area contributed by atoms with Crippen molar-refractivity contribution >= 4 is 0 Å². The van der Waals surface area contributed by atoms with Gasteiger partial charge in [-0.05, 0) is 25.9 Å². The summed E-state index contributed by atoms with van der Waals surface area (Å²) in [6.07, 6.45) is 3.79. The van der Waals surface area contributed by atoms with Crippen molar-refractivity contribution in [1.29, 1.82) is 0 Å². The summed E-state index contributed by atoms with van der Waals surface area (Å²) in [5.74, 6) is 0. The fourth-order valence-corrected chi connectivity index (χ4v) is 0.625. The van der Waals surface area contributed by atoms with Gasteiger partial charge in [0.2, 0.25) is 0 Å². The number of hydrogen-bond acceptors (Lipinski definition) is 2. The average Bonchev–Trinajstić information content (AvgIpc) is 2.43. The molecule has 0 saturated carbocycles. The summed E-state index contributed by atoms with van der Waals surface area (Å²) in [5.41, 5.74) is 0.